The maximum Gasteiger partial charge on any atom is 0.313 e. The molecule has 0 bridgehead atoms. The Bertz CT molecular complexity index is 1260. The third-order valence-corrected chi connectivity index (χ3v) is 5.45. The fraction of sp³-hybridized carbons (Fsp3) is 0.348. The highest BCUT2D eigenvalue weighted by molar-refractivity contribution is 5.78. The molecule has 0 saturated heterocycles. The molecule has 1 aromatic carbocycles. The second-order valence-electron chi connectivity index (χ2n) is 7.49. The zero-order valence-electron chi connectivity index (χ0n) is 18.2. The van der Waals surface area contributed by atoms with Gasteiger partial charge in [0.15, 0.2) is 5.52 Å². The molecule has 2 heterocycles. The summed E-state index contributed by atoms with van der Waals surface area (Å²) in [6.07, 6.45) is 4.56. The molecule has 1 aliphatic rings. The Morgan fingerprint density at radius 3 is 2.88 bits per heavy atom. The highest BCUT2D eigenvalue weighted by Crippen LogP contribution is 2.36. The van der Waals surface area contributed by atoms with E-state index in [1.165, 1.54) is 0 Å². The number of benzene rings is 1. The monoisotopic (exact) mass is 435 g/mol. The van der Waals surface area contributed by atoms with Crippen molar-refractivity contribution < 1.29 is 14.3 Å². The predicted molar refractivity (Wildman–Crippen MR) is 119 cm³/mol. The number of allylic oxidation sites excluding steroid dienone is 4. The van der Waals surface area contributed by atoms with Gasteiger partial charge in [-0.15, -0.1) is 10.2 Å². The minimum absolute atomic E-state index is 0.0529. The van der Waals surface area contributed by atoms with Crippen LogP contribution in [0.4, 0.5) is 0 Å². The molecule has 0 amide bonds. The van der Waals surface area contributed by atoms with Gasteiger partial charge in [-0.1, -0.05) is 36.4 Å². The van der Waals surface area contributed by atoms with E-state index >= 15 is 0 Å². The van der Waals surface area contributed by atoms with Crippen molar-refractivity contribution >= 4 is 22.7 Å². The number of esters is 1. The summed E-state index contributed by atoms with van der Waals surface area (Å²) in [7, 11) is 0. The van der Waals surface area contributed by atoms with Gasteiger partial charge in [0.05, 0.1) is 24.7 Å². The van der Waals surface area contributed by atoms with Gasteiger partial charge < -0.3 is 14.5 Å². The number of nitrogens with one attached hydrogen (secondary N) is 2. The Morgan fingerprint density at radius 2 is 2.09 bits per heavy atom. The number of hydrogen-bond donors (Lipinski definition) is 2. The first kappa shape index (κ1) is 21.5. The molecule has 9 heteroatoms. The number of carbonyl (C=O) groups excluding carboxylic acids is 1. The van der Waals surface area contributed by atoms with Crippen LogP contribution in [0.1, 0.15) is 56.0 Å². The summed E-state index contributed by atoms with van der Waals surface area (Å²) in [5.74, 6) is 0.592. The summed E-state index contributed by atoms with van der Waals surface area (Å²) in [6, 6.07) is 7.95. The standard InChI is InChI=1S/C23H25N5O4/c1-4-31-18-12-16(15-8-6-7-14(11-15)13(3)23(30)32-5-2)9-10-17(18)20-24-21-19(22(29)25-20)26-28-27-21/h6-11,13,16H,4-5,12H2,1-3H3,(H2,24,25,26,27,28,29). The number of ether oxygens (including phenoxy) is 2. The molecular formula is C23H25N5O4. The number of aromatic nitrogens is 5. The van der Waals surface area contributed by atoms with Crippen LogP contribution in [0.3, 0.4) is 0 Å². The molecule has 2 aromatic heterocycles. The van der Waals surface area contributed by atoms with Crippen molar-refractivity contribution in [2.45, 2.75) is 39.0 Å². The van der Waals surface area contributed by atoms with Gasteiger partial charge in [-0.2, -0.15) is 5.21 Å². The molecule has 166 valence electrons. The fourth-order valence-electron chi connectivity index (χ4n) is 3.78. The molecule has 3 aromatic rings. The van der Waals surface area contributed by atoms with Gasteiger partial charge in [0.25, 0.3) is 5.56 Å². The molecular weight excluding hydrogens is 410 g/mol. The van der Waals surface area contributed by atoms with Crippen LogP contribution < -0.4 is 5.56 Å². The maximum absolute atomic E-state index is 12.3. The quantitative estimate of drug-likeness (QED) is 0.546. The Balaban J connectivity index is 1.64. The second-order valence-corrected chi connectivity index (χ2v) is 7.49. The number of aromatic amines is 2. The first-order valence-corrected chi connectivity index (χ1v) is 10.6. The van der Waals surface area contributed by atoms with Gasteiger partial charge in [-0.25, -0.2) is 4.98 Å². The van der Waals surface area contributed by atoms with E-state index in [1.54, 1.807) is 6.92 Å². The molecule has 0 aliphatic heterocycles. The Labute approximate surface area is 184 Å². The summed E-state index contributed by atoms with van der Waals surface area (Å²) in [6.45, 7) is 6.40. The molecule has 2 atom stereocenters. The van der Waals surface area contributed by atoms with Gasteiger partial charge in [-0.05, 0) is 31.9 Å². The van der Waals surface area contributed by atoms with E-state index in [0.29, 0.717) is 31.0 Å². The van der Waals surface area contributed by atoms with Crippen LogP contribution >= 0.6 is 0 Å². The summed E-state index contributed by atoms with van der Waals surface area (Å²) in [5.41, 5.74) is 2.74. The highest BCUT2D eigenvalue weighted by Gasteiger charge is 2.24. The molecule has 0 fully saturated rings. The van der Waals surface area contributed by atoms with E-state index in [4.69, 9.17) is 9.47 Å². The number of carbonyl (C=O) groups is 1. The predicted octanol–water partition coefficient (Wildman–Crippen LogP) is 3.20. The van der Waals surface area contributed by atoms with Crippen molar-refractivity contribution in [3.63, 3.8) is 0 Å². The fourth-order valence-corrected chi connectivity index (χ4v) is 3.78. The third kappa shape index (κ3) is 4.18. The molecule has 0 radical (unpaired) electrons. The summed E-state index contributed by atoms with van der Waals surface area (Å²) >= 11 is 0. The first-order chi connectivity index (χ1) is 15.5. The zero-order valence-corrected chi connectivity index (χ0v) is 18.2. The summed E-state index contributed by atoms with van der Waals surface area (Å²) in [4.78, 5) is 31.7. The van der Waals surface area contributed by atoms with E-state index in [1.807, 2.05) is 44.2 Å². The number of rotatable bonds is 7. The Morgan fingerprint density at radius 1 is 1.25 bits per heavy atom. The van der Waals surface area contributed by atoms with Crippen LogP contribution in [-0.2, 0) is 14.3 Å². The smallest absolute Gasteiger partial charge is 0.313 e. The van der Waals surface area contributed by atoms with E-state index in [9.17, 15) is 9.59 Å². The van der Waals surface area contributed by atoms with E-state index < -0.39 is 0 Å². The molecule has 1 aliphatic carbocycles. The van der Waals surface area contributed by atoms with Gasteiger partial charge in [-0.3, -0.25) is 9.59 Å². The van der Waals surface area contributed by atoms with Crippen LogP contribution in [0.25, 0.3) is 16.7 Å². The van der Waals surface area contributed by atoms with Gasteiger partial charge in [0.1, 0.15) is 11.6 Å². The lowest BCUT2D eigenvalue weighted by Gasteiger charge is -2.23. The molecule has 9 nitrogen and oxygen atoms in total. The van der Waals surface area contributed by atoms with Crippen molar-refractivity contribution in [3.05, 3.63) is 69.5 Å². The average molecular weight is 435 g/mol. The van der Waals surface area contributed by atoms with Crippen molar-refractivity contribution in [2.75, 3.05) is 13.2 Å². The molecule has 32 heavy (non-hydrogen) atoms. The van der Waals surface area contributed by atoms with Crippen molar-refractivity contribution in [3.8, 4) is 0 Å². The largest absolute Gasteiger partial charge is 0.497 e. The number of H-pyrrole nitrogens is 2. The van der Waals surface area contributed by atoms with E-state index in [0.717, 1.165) is 16.9 Å². The van der Waals surface area contributed by atoms with E-state index in [-0.39, 0.29) is 34.5 Å². The lowest BCUT2D eigenvalue weighted by Crippen LogP contribution is -2.15. The SMILES string of the molecule is CCOC(=O)C(C)c1cccc(C2C=CC(c3nc4n[nH]nc4c(=O)[nH]3)=C(OCC)C2)c1. The van der Waals surface area contributed by atoms with E-state index in [2.05, 4.69) is 31.5 Å². The molecule has 2 N–H and O–H groups in total. The van der Waals surface area contributed by atoms with Crippen LogP contribution in [0.15, 0.2) is 47.0 Å². The molecule has 0 saturated carbocycles. The second kappa shape index (κ2) is 9.17. The number of fused-ring (bicyclic) bond motifs is 1. The Kier molecular flexibility index (Phi) is 6.16. The minimum atomic E-state index is -0.363. The molecule has 0 spiro atoms. The molecule has 2 unspecified atom stereocenters. The zero-order chi connectivity index (χ0) is 22.7. The lowest BCUT2D eigenvalue weighted by atomic mass is 9.86. The Hall–Kier alpha value is -3.75. The average Bonchev–Trinajstić information content (AvgIpc) is 3.28. The van der Waals surface area contributed by atoms with Gasteiger partial charge in [0.2, 0.25) is 5.65 Å². The van der Waals surface area contributed by atoms with Crippen LogP contribution in [0.5, 0.6) is 0 Å². The number of hydrogen-bond acceptors (Lipinski definition) is 7. The van der Waals surface area contributed by atoms with Crippen molar-refractivity contribution in [2.24, 2.45) is 0 Å². The van der Waals surface area contributed by atoms with Crippen LogP contribution in [-0.4, -0.2) is 44.6 Å². The summed E-state index contributed by atoms with van der Waals surface area (Å²) < 4.78 is 11.1. The topological polar surface area (TPSA) is 123 Å². The lowest BCUT2D eigenvalue weighted by molar-refractivity contribution is -0.144. The number of nitrogens with zero attached hydrogens (tertiary/aromatic N) is 3. The normalized spacial score (nSPS) is 16.9. The van der Waals surface area contributed by atoms with Gasteiger partial charge in [0, 0.05) is 12.3 Å². The van der Waals surface area contributed by atoms with Gasteiger partial charge >= 0.3 is 5.97 Å². The van der Waals surface area contributed by atoms with Crippen LogP contribution in [0, 0.1) is 0 Å². The van der Waals surface area contributed by atoms with Crippen LogP contribution in [0.2, 0.25) is 0 Å². The summed E-state index contributed by atoms with van der Waals surface area (Å²) in [5, 5.41) is 10.2. The van der Waals surface area contributed by atoms with Crippen molar-refractivity contribution in [1.29, 1.82) is 0 Å². The first-order valence-electron chi connectivity index (χ1n) is 10.6. The minimum Gasteiger partial charge on any atom is -0.497 e. The maximum atomic E-state index is 12.3. The third-order valence-electron chi connectivity index (χ3n) is 5.45. The highest BCUT2D eigenvalue weighted by atomic mass is 16.5. The molecule has 4 rings (SSSR count). The van der Waals surface area contributed by atoms with Crippen molar-refractivity contribution in [1.82, 2.24) is 25.4 Å².